The van der Waals surface area contributed by atoms with Gasteiger partial charge in [0, 0.05) is 25.6 Å². The van der Waals surface area contributed by atoms with Gasteiger partial charge in [-0.05, 0) is 18.6 Å². The SMILES string of the molecule is COCc1ccccc1C#CCCNc1ncnc(C)c1Cl. The normalized spacial score (nSPS) is 9.95. The molecule has 0 saturated carbocycles. The molecule has 4 nitrogen and oxygen atoms in total. The van der Waals surface area contributed by atoms with Gasteiger partial charge < -0.3 is 10.1 Å². The largest absolute Gasteiger partial charge is 0.380 e. The molecule has 1 aromatic carbocycles. The molecule has 0 radical (unpaired) electrons. The standard InChI is InChI=1S/C17H18ClN3O/c1-13-16(18)17(21-12-20-13)19-10-6-5-8-14-7-3-4-9-15(14)11-22-2/h3-4,7,9,12H,6,10-11H2,1-2H3,(H,19,20,21). The van der Waals surface area contributed by atoms with E-state index < -0.39 is 0 Å². The third kappa shape index (κ3) is 4.45. The lowest BCUT2D eigenvalue weighted by atomic mass is 10.1. The molecule has 5 heteroatoms. The number of aryl methyl sites for hydroxylation is 1. The van der Waals surface area contributed by atoms with Crippen LogP contribution in [0, 0.1) is 18.8 Å². The van der Waals surface area contributed by atoms with Crippen LogP contribution in [0.25, 0.3) is 0 Å². The molecule has 2 rings (SSSR count). The predicted molar refractivity (Wildman–Crippen MR) is 88.9 cm³/mol. The van der Waals surface area contributed by atoms with Crippen LogP contribution >= 0.6 is 11.6 Å². The summed E-state index contributed by atoms with van der Waals surface area (Å²) in [5.74, 6) is 6.97. The highest BCUT2D eigenvalue weighted by Gasteiger charge is 2.03. The lowest BCUT2D eigenvalue weighted by Crippen LogP contribution is -2.04. The molecule has 0 atom stereocenters. The van der Waals surface area contributed by atoms with Gasteiger partial charge in [0.15, 0.2) is 0 Å². The summed E-state index contributed by atoms with van der Waals surface area (Å²) in [4.78, 5) is 8.14. The highest BCUT2D eigenvalue weighted by atomic mass is 35.5. The van der Waals surface area contributed by atoms with E-state index in [1.54, 1.807) is 7.11 Å². The Morgan fingerprint density at radius 2 is 2.09 bits per heavy atom. The van der Waals surface area contributed by atoms with E-state index in [-0.39, 0.29) is 0 Å². The lowest BCUT2D eigenvalue weighted by molar-refractivity contribution is 0.184. The van der Waals surface area contributed by atoms with Crippen molar-refractivity contribution < 1.29 is 4.74 Å². The van der Waals surface area contributed by atoms with Crippen molar-refractivity contribution in [3.63, 3.8) is 0 Å². The molecule has 0 spiro atoms. The van der Waals surface area contributed by atoms with Gasteiger partial charge in [-0.15, -0.1) is 0 Å². The molecule has 0 fully saturated rings. The van der Waals surface area contributed by atoms with E-state index >= 15 is 0 Å². The maximum Gasteiger partial charge on any atom is 0.148 e. The van der Waals surface area contributed by atoms with Crippen LogP contribution in [-0.2, 0) is 11.3 Å². The minimum absolute atomic E-state index is 0.556. The summed E-state index contributed by atoms with van der Waals surface area (Å²) in [6.07, 6.45) is 2.19. The summed E-state index contributed by atoms with van der Waals surface area (Å²) >= 11 is 6.12. The fourth-order valence-corrected chi connectivity index (χ4v) is 2.07. The number of nitrogens with zero attached hydrogens (tertiary/aromatic N) is 2. The number of halogens is 1. The first kappa shape index (κ1) is 16.3. The van der Waals surface area contributed by atoms with E-state index in [0.717, 1.165) is 16.8 Å². The molecule has 0 aliphatic rings. The van der Waals surface area contributed by atoms with Crippen molar-refractivity contribution in [2.45, 2.75) is 20.0 Å². The Balaban J connectivity index is 1.91. The number of hydrogen-bond acceptors (Lipinski definition) is 4. The van der Waals surface area contributed by atoms with E-state index in [1.807, 2.05) is 31.2 Å². The Kier molecular flexibility index (Phi) is 6.20. The van der Waals surface area contributed by atoms with Crippen molar-refractivity contribution in [3.8, 4) is 11.8 Å². The number of aromatic nitrogens is 2. The lowest BCUT2D eigenvalue weighted by Gasteiger charge is -2.06. The van der Waals surface area contributed by atoms with Crippen molar-refractivity contribution >= 4 is 17.4 Å². The van der Waals surface area contributed by atoms with Crippen LogP contribution in [0.4, 0.5) is 5.82 Å². The molecule has 1 heterocycles. The monoisotopic (exact) mass is 315 g/mol. The zero-order chi connectivity index (χ0) is 15.8. The van der Waals surface area contributed by atoms with Crippen molar-refractivity contribution in [1.82, 2.24) is 9.97 Å². The molecule has 0 bridgehead atoms. The number of benzene rings is 1. The molecule has 0 aliphatic heterocycles. The van der Waals surface area contributed by atoms with Crippen LogP contribution in [0.2, 0.25) is 5.02 Å². The molecule has 0 saturated heterocycles. The van der Waals surface area contributed by atoms with Crippen LogP contribution < -0.4 is 5.32 Å². The van der Waals surface area contributed by atoms with Gasteiger partial charge >= 0.3 is 0 Å². The molecular formula is C17H18ClN3O. The summed E-state index contributed by atoms with van der Waals surface area (Å²) in [7, 11) is 1.68. The summed E-state index contributed by atoms with van der Waals surface area (Å²) in [6.45, 7) is 3.09. The number of nitrogens with one attached hydrogen (secondary N) is 1. The molecule has 0 aliphatic carbocycles. The fraction of sp³-hybridized carbons (Fsp3) is 0.294. The van der Waals surface area contributed by atoms with Gasteiger partial charge in [0.2, 0.25) is 0 Å². The maximum atomic E-state index is 6.12. The zero-order valence-electron chi connectivity index (χ0n) is 12.7. The van der Waals surface area contributed by atoms with Crippen molar-refractivity contribution in [2.75, 3.05) is 19.0 Å². The van der Waals surface area contributed by atoms with Crippen LogP contribution in [-0.4, -0.2) is 23.6 Å². The van der Waals surface area contributed by atoms with Gasteiger partial charge in [-0.2, -0.15) is 0 Å². The average molecular weight is 316 g/mol. The number of rotatable bonds is 5. The van der Waals surface area contributed by atoms with Crippen molar-refractivity contribution in [3.05, 3.63) is 52.4 Å². The highest BCUT2D eigenvalue weighted by molar-refractivity contribution is 6.33. The van der Waals surface area contributed by atoms with Crippen molar-refractivity contribution in [2.24, 2.45) is 0 Å². The first-order valence-electron chi connectivity index (χ1n) is 6.99. The highest BCUT2D eigenvalue weighted by Crippen LogP contribution is 2.20. The molecular weight excluding hydrogens is 298 g/mol. The molecule has 2 aromatic rings. The third-order valence-corrected chi connectivity index (χ3v) is 3.50. The maximum absolute atomic E-state index is 6.12. The number of hydrogen-bond donors (Lipinski definition) is 1. The van der Waals surface area contributed by atoms with Gasteiger partial charge in [0.25, 0.3) is 0 Å². The van der Waals surface area contributed by atoms with Gasteiger partial charge in [-0.3, -0.25) is 0 Å². The summed E-state index contributed by atoms with van der Waals surface area (Å²) in [5.41, 5.74) is 2.86. The smallest absolute Gasteiger partial charge is 0.148 e. The van der Waals surface area contributed by atoms with Crippen LogP contribution in [0.15, 0.2) is 30.6 Å². The van der Waals surface area contributed by atoms with Gasteiger partial charge in [0.1, 0.15) is 17.2 Å². The van der Waals surface area contributed by atoms with Crippen LogP contribution in [0.1, 0.15) is 23.2 Å². The summed E-state index contributed by atoms with van der Waals surface area (Å²) in [6, 6.07) is 7.99. The Morgan fingerprint density at radius 1 is 1.27 bits per heavy atom. The third-order valence-electron chi connectivity index (χ3n) is 3.05. The Bertz CT molecular complexity index is 692. The minimum Gasteiger partial charge on any atom is -0.380 e. The number of ether oxygens (including phenoxy) is 1. The number of anilines is 1. The minimum atomic E-state index is 0.556. The molecule has 22 heavy (non-hydrogen) atoms. The second kappa shape index (κ2) is 8.38. The molecule has 1 aromatic heterocycles. The average Bonchev–Trinajstić information content (AvgIpc) is 2.53. The molecule has 1 N–H and O–H groups in total. The van der Waals surface area contributed by atoms with E-state index in [2.05, 4.69) is 27.1 Å². The van der Waals surface area contributed by atoms with E-state index in [1.165, 1.54) is 6.33 Å². The molecule has 0 unspecified atom stereocenters. The van der Waals surface area contributed by atoms with E-state index in [0.29, 0.717) is 30.4 Å². The van der Waals surface area contributed by atoms with E-state index in [4.69, 9.17) is 16.3 Å². The van der Waals surface area contributed by atoms with Gasteiger partial charge in [-0.1, -0.05) is 41.6 Å². The van der Waals surface area contributed by atoms with Gasteiger partial charge in [-0.25, -0.2) is 9.97 Å². The Morgan fingerprint density at radius 3 is 2.91 bits per heavy atom. The van der Waals surface area contributed by atoms with Crippen LogP contribution in [0.5, 0.6) is 0 Å². The first-order valence-corrected chi connectivity index (χ1v) is 7.37. The summed E-state index contributed by atoms with van der Waals surface area (Å²) < 4.78 is 5.17. The van der Waals surface area contributed by atoms with E-state index in [9.17, 15) is 0 Å². The second-order valence-electron chi connectivity index (χ2n) is 4.69. The Labute approximate surface area is 135 Å². The predicted octanol–water partition coefficient (Wildman–Crippen LogP) is 3.44. The summed E-state index contributed by atoms with van der Waals surface area (Å²) in [5, 5.41) is 3.73. The quantitative estimate of drug-likeness (QED) is 0.678. The molecule has 0 amide bonds. The van der Waals surface area contributed by atoms with Gasteiger partial charge in [0.05, 0.1) is 12.3 Å². The first-order chi connectivity index (χ1) is 10.7. The number of methoxy groups -OCH3 is 1. The fourth-order valence-electron chi connectivity index (χ4n) is 1.91. The van der Waals surface area contributed by atoms with Crippen molar-refractivity contribution in [1.29, 1.82) is 0 Å². The molecule has 114 valence electrons. The van der Waals surface area contributed by atoms with Crippen LogP contribution in [0.3, 0.4) is 0 Å². The topological polar surface area (TPSA) is 47.0 Å². The zero-order valence-corrected chi connectivity index (χ0v) is 13.4. The second-order valence-corrected chi connectivity index (χ2v) is 5.07. The Hall–Kier alpha value is -2.09.